The van der Waals surface area contributed by atoms with E-state index in [0.717, 1.165) is 12.0 Å². The molecule has 25 heavy (non-hydrogen) atoms. The summed E-state index contributed by atoms with van der Waals surface area (Å²) in [7, 11) is 0. The number of urea groups is 1. The van der Waals surface area contributed by atoms with Gasteiger partial charge in [-0.25, -0.2) is 4.79 Å². The van der Waals surface area contributed by atoms with Gasteiger partial charge in [0.2, 0.25) is 0 Å². The minimum Gasteiger partial charge on any atom is -0.456 e. The van der Waals surface area contributed by atoms with E-state index >= 15 is 0 Å². The first-order valence-electron chi connectivity index (χ1n) is 8.40. The van der Waals surface area contributed by atoms with Crippen molar-refractivity contribution in [2.24, 2.45) is 11.7 Å². The topological polar surface area (TPSA) is 111 Å². The maximum atomic E-state index is 12.1. The first-order chi connectivity index (χ1) is 11.8. The lowest BCUT2D eigenvalue weighted by molar-refractivity contribution is -0.148. The molecule has 1 rings (SSSR count). The molecule has 0 aliphatic rings. The number of ether oxygens (including phenoxy) is 1. The van der Waals surface area contributed by atoms with E-state index in [-0.39, 0.29) is 37.4 Å². The van der Waals surface area contributed by atoms with Gasteiger partial charge in [0.1, 0.15) is 0 Å². The quantitative estimate of drug-likeness (QED) is 0.589. The van der Waals surface area contributed by atoms with E-state index in [2.05, 4.69) is 17.6 Å². The Bertz CT molecular complexity index is 584. The maximum Gasteiger partial charge on any atom is 0.312 e. The van der Waals surface area contributed by atoms with Crippen LogP contribution in [0.5, 0.6) is 0 Å². The van der Waals surface area contributed by atoms with Crippen LogP contribution in [0.15, 0.2) is 24.3 Å². The molecule has 0 aliphatic heterocycles. The van der Waals surface area contributed by atoms with E-state index in [1.807, 2.05) is 38.1 Å². The maximum absolute atomic E-state index is 12.1. The number of nitrogens with one attached hydrogen (secondary N) is 2. The first kappa shape index (κ1) is 20.5. The van der Waals surface area contributed by atoms with Gasteiger partial charge < -0.3 is 21.1 Å². The van der Waals surface area contributed by atoms with Gasteiger partial charge in [0.05, 0.1) is 12.5 Å². The van der Waals surface area contributed by atoms with Crippen LogP contribution in [0.4, 0.5) is 4.79 Å². The second-order valence-electron chi connectivity index (χ2n) is 6.09. The number of amides is 3. The predicted molar refractivity (Wildman–Crippen MR) is 94.7 cm³/mol. The first-order valence-corrected chi connectivity index (χ1v) is 8.40. The molecule has 0 saturated carbocycles. The summed E-state index contributed by atoms with van der Waals surface area (Å²) in [5, 5.41) is 5.17. The fourth-order valence-corrected chi connectivity index (χ4v) is 2.32. The van der Waals surface area contributed by atoms with E-state index in [1.165, 1.54) is 5.56 Å². The van der Waals surface area contributed by atoms with Crippen LogP contribution in [0.1, 0.15) is 44.4 Å². The van der Waals surface area contributed by atoms with Crippen LogP contribution in [0.25, 0.3) is 0 Å². The van der Waals surface area contributed by atoms with Crippen molar-refractivity contribution >= 4 is 17.9 Å². The zero-order valence-corrected chi connectivity index (χ0v) is 15.0. The molecule has 1 aromatic carbocycles. The molecule has 0 unspecified atom stereocenters. The second-order valence-corrected chi connectivity index (χ2v) is 6.09. The van der Waals surface area contributed by atoms with Crippen LogP contribution in [-0.4, -0.2) is 31.1 Å². The van der Waals surface area contributed by atoms with Gasteiger partial charge in [-0.05, 0) is 23.5 Å². The van der Waals surface area contributed by atoms with Crippen molar-refractivity contribution in [1.82, 2.24) is 10.6 Å². The fourth-order valence-electron chi connectivity index (χ4n) is 2.32. The van der Waals surface area contributed by atoms with Gasteiger partial charge in [-0.2, -0.15) is 0 Å². The number of benzene rings is 1. The van der Waals surface area contributed by atoms with Crippen LogP contribution in [-0.2, 0) is 20.7 Å². The molecule has 138 valence electrons. The Morgan fingerprint density at radius 3 is 2.32 bits per heavy atom. The number of hydrogen-bond donors (Lipinski definition) is 3. The van der Waals surface area contributed by atoms with E-state index in [0.29, 0.717) is 0 Å². The molecule has 4 N–H and O–H groups in total. The number of carbonyl (C=O) groups is 3. The molecule has 1 aromatic rings. The lowest BCUT2D eigenvalue weighted by Crippen LogP contribution is -2.35. The molecule has 7 heteroatoms. The predicted octanol–water partition coefficient (Wildman–Crippen LogP) is 1.66. The SMILES string of the molecule is CCc1ccc([C@@H](NC(=O)COC(=O)CCNC(N)=O)C(C)C)cc1. The molecule has 0 aliphatic carbocycles. The number of rotatable bonds is 9. The minimum absolute atomic E-state index is 0.0394. The number of aryl methyl sites for hydroxylation is 1. The summed E-state index contributed by atoms with van der Waals surface area (Å²) in [6.07, 6.45) is 0.919. The lowest BCUT2D eigenvalue weighted by atomic mass is 9.95. The Morgan fingerprint density at radius 2 is 1.80 bits per heavy atom. The third-order valence-corrected chi connectivity index (χ3v) is 3.72. The third kappa shape index (κ3) is 7.69. The number of esters is 1. The number of nitrogens with two attached hydrogens (primary N) is 1. The summed E-state index contributed by atoms with van der Waals surface area (Å²) in [5.74, 6) is -0.751. The van der Waals surface area contributed by atoms with Crippen LogP contribution in [0.3, 0.4) is 0 Å². The Hall–Kier alpha value is -2.57. The van der Waals surface area contributed by atoms with Gasteiger partial charge in [-0.15, -0.1) is 0 Å². The molecular weight excluding hydrogens is 322 g/mol. The summed E-state index contributed by atoms with van der Waals surface area (Å²) in [6, 6.07) is 7.23. The van der Waals surface area contributed by atoms with E-state index in [9.17, 15) is 14.4 Å². The van der Waals surface area contributed by atoms with Crippen LogP contribution in [0, 0.1) is 5.92 Å². The number of primary amides is 1. The van der Waals surface area contributed by atoms with Gasteiger partial charge in [-0.3, -0.25) is 9.59 Å². The zero-order valence-electron chi connectivity index (χ0n) is 15.0. The summed E-state index contributed by atoms with van der Waals surface area (Å²) in [6.45, 7) is 5.84. The summed E-state index contributed by atoms with van der Waals surface area (Å²) >= 11 is 0. The van der Waals surface area contributed by atoms with Gasteiger partial charge in [0.25, 0.3) is 5.91 Å². The van der Waals surface area contributed by atoms with Crippen molar-refractivity contribution in [3.05, 3.63) is 35.4 Å². The van der Waals surface area contributed by atoms with E-state index in [1.54, 1.807) is 0 Å². The van der Waals surface area contributed by atoms with Crippen molar-refractivity contribution in [1.29, 1.82) is 0 Å². The molecule has 0 spiro atoms. The summed E-state index contributed by atoms with van der Waals surface area (Å²) < 4.78 is 4.90. The number of carbonyl (C=O) groups excluding carboxylic acids is 3. The summed E-state index contributed by atoms with van der Waals surface area (Å²) in [5.41, 5.74) is 7.14. The second kappa shape index (κ2) is 10.3. The Kier molecular flexibility index (Phi) is 8.46. The average molecular weight is 349 g/mol. The van der Waals surface area contributed by atoms with Gasteiger partial charge in [-0.1, -0.05) is 45.0 Å². The molecule has 0 bridgehead atoms. The molecular formula is C18H27N3O4. The minimum atomic E-state index is -0.709. The van der Waals surface area contributed by atoms with Gasteiger partial charge in [0, 0.05) is 6.54 Å². The largest absolute Gasteiger partial charge is 0.456 e. The Balaban J connectivity index is 2.50. The summed E-state index contributed by atoms with van der Waals surface area (Å²) in [4.78, 5) is 34.1. The smallest absolute Gasteiger partial charge is 0.312 e. The highest BCUT2D eigenvalue weighted by Gasteiger charge is 2.19. The Labute approximate surface area is 148 Å². The molecule has 7 nitrogen and oxygen atoms in total. The van der Waals surface area contributed by atoms with E-state index < -0.39 is 12.0 Å². The number of hydrogen-bond acceptors (Lipinski definition) is 4. The highest BCUT2D eigenvalue weighted by Crippen LogP contribution is 2.22. The van der Waals surface area contributed by atoms with Crippen molar-refractivity contribution in [3.63, 3.8) is 0 Å². The normalized spacial score (nSPS) is 11.7. The van der Waals surface area contributed by atoms with Gasteiger partial charge in [0.15, 0.2) is 6.61 Å². The molecule has 3 amide bonds. The highest BCUT2D eigenvalue weighted by atomic mass is 16.5. The fraction of sp³-hybridized carbons (Fsp3) is 0.500. The molecule has 0 aromatic heterocycles. The zero-order chi connectivity index (χ0) is 18.8. The van der Waals surface area contributed by atoms with Crippen LogP contribution >= 0.6 is 0 Å². The Morgan fingerprint density at radius 1 is 1.16 bits per heavy atom. The molecule has 0 fully saturated rings. The molecule has 0 saturated heterocycles. The highest BCUT2D eigenvalue weighted by molar-refractivity contribution is 5.81. The molecule has 0 heterocycles. The lowest BCUT2D eigenvalue weighted by Gasteiger charge is -2.23. The average Bonchev–Trinajstić information content (AvgIpc) is 2.57. The van der Waals surface area contributed by atoms with Crippen molar-refractivity contribution in [3.8, 4) is 0 Å². The standard InChI is InChI=1S/C18H27N3O4/c1-4-13-5-7-14(8-6-13)17(12(2)3)21-15(22)11-25-16(23)9-10-20-18(19)24/h5-8,12,17H,4,9-11H2,1-3H3,(H,21,22)(H3,19,20,24)/t17-/m0/s1. The van der Waals surface area contributed by atoms with Gasteiger partial charge >= 0.3 is 12.0 Å². The van der Waals surface area contributed by atoms with E-state index in [4.69, 9.17) is 10.5 Å². The van der Waals surface area contributed by atoms with Crippen LogP contribution in [0.2, 0.25) is 0 Å². The van der Waals surface area contributed by atoms with Crippen molar-refractivity contribution in [2.45, 2.75) is 39.7 Å². The molecule has 1 atom stereocenters. The van der Waals surface area contributed by atoms with Crippen molar-refractivity contribution < 1.29 is 19.1 Å². The van der Waals surface area contributed by atoms with Crippen molar-refractivity contribution in [2.75, 3.05) is 13.2 Å². The molecule has 0 radical (unpaired) electrons. The monoisotopic (exact) mass is 349 g/mol. The third-order valence-electron chi connectivity index (χ3n) is 3.72. The van der Waals surface area contributed by atoms with Crippen LogP contribution < -0.4 is 16.4 Å².